The predicted octanol–water partition coefficient (Wildman–Crippen LogP) is 3.17. The summed E-state index contributed by atoms with van der Waals surface area (Å²) in [6, 6.07) is 19.6. The molecule has 6 nitrogen and oxygen atoms in total. The van der Waals surface area contributed by atoms with Gasteiger partial charge in [-0.15, -0.1) is 0 Å². The van der Waals surface area contributed by atoms with Crippen molar-refractivity contribution >= 4 is 10.1 Å². The predicted molar refractivity (Wildman–Crippen MR) is 107 cm³/mol. The zero-order chi connectivity index (χ0) is 20.2. The Labute approximate surface area is 167 Å². The third-order valence-corrected chi connectivity index (χ3v) is 4.71. The molecule has 2 aromatic carbocycles. The highest BCUT2D eigenvalue weighted by Gasteiger charge is 2.23. The van der Waals surface area contributed by atoms with Crippen molar-refractivity contribution < 1.29 is 26.8 Å². The first-order chi connectivity index (χ1) is 13.5. The Kier molecular flexibility index (Phi) is 9.60. The lowest BCUT2D eigenvalue weighted by Gasteiger charge is -2.26. The van der Waals surface area contributed by atoms with Crippen LogP contribution in [0.2, 0.25) is 0 Å². The Morgan fingerprint density at radius 3 is 1.96 bits per heavy atom. The van der Waals surface area contributed by atoms with Crippen LogP contribution in [0.5, 0.6) is 0 Å². The van der Waals surface area contributed by atoms with Gasteiger partial charge in [0.05, 0.1) is 38.8 Å². The Morgan fingerprint density at radius 2 is 1.43 bits per heavy atom. The van der Waals surface area contributed by atoms with Gasteiger partial charge in [-0.25, -0.2) is 0 Å². The van der Waals surface area contributed by atoms with Crippen molar-refractivity contribution in [2.24, 2.45) is 0 Å². The van der Waals surface area contributed by atoms with E-state index in [0.29, 0.717) is 26.2 Å². The van der Waals surface area contributed by atoms with Gasteiger partial charge in [-0.2, -0.15) is 8.42 Å². The molecule has 0 bridgehead atoms. The molecule has 0 saturated carbocycles. The van der Waals surface area contributed by atoms with E-state index in [9.17, 15) is 8.42 Å². The van der Waals surface area contributed by atoms with E-state index in [1.54, 1.807) is 7.11 Å². The molecule has 0 amide bonds. The molecule has 0 aliphatic carbocycles. The molecule has 0 N–H and O–H groups in total. The monoisotopic (exact) mass is 408 g/mol. The molecule has 154 valence electrons. The Morgan fingerprint density at radius 1 is 0.857 bits per heavy atom. The maximum absolute atomic E-state index is 11.2. The third kappa shape index (κ3) is 8.95. The lowest BCUT2D eigenvalue weighted by Crippen LogP contribution is -2.36. The number of ether oxygens (including phenoxy) is 3. The number of rotatable bonds is 13. The molecule has 0 saturated heterocycles. The van der Waals surface area contributed by atoms with E-state index in [1.165, 1.54) is 0 Å². The summed E-state index contributed by atoms with van der Waals surface area (Å²) in [4.78, 5) is 0. The van der Waals surface area contributed by atoms with Gasteiger partial charge >= 0.3 is 0 Å². The van der Waals surface area contributed by atoms with Gasteiger partial charge < -0.3 is 14.2 Å². The highest BCUT2D eigenvalue weighted by atomic mass is 32.2. The Bertz CT molecular complexity index is 764. The molecule has 28 heavy (non-hydrogen) atoms. The summed E-state index contributed by atoms with van der Waals surface area (Å²) in [5, 5.41) is 0. The highest BCUT2D eigenvalue weighted by Crippen LogP contribution is 2.14. The van der Waals surface area contributed by atoms with Crippen LogP contribution in [0.1, 0.15) is 17.5 Å². The number of hydrogen-bond acceptors (Lipinski definition) is 6. The molecule has 7 heteroatoms. The van der Waals surface area contributed by atoms with Crippen molar-refractivity contribution in [2.75, 3.05) is 26.6 Å². The fourth-order valence-corrected chi connectivity index (χ4v) is 3.06. The zero-order valence-electron chi connectivity index (χ0n) is 16.3. The van der Waals surface area contributed by atoms with Crippen LogP contribution in [-0.4, -0.2) is 47.2 Å². The van der Waals surface area contributed by atoms with Crippen molar-refractivity contribution in [3.63, 3.8) is 0 Å². The second-order valence-electron chi connectivity index (χ2n) is 6.42. The van der Waals surface area contributed by atoms with E-state index in [1.807, 2.05) is 60.7 Å². The molecule has 0 aliphatic heterocycles. The van der Waals surface area contributed by atoms with Gasteiger partial charge in [-0.05, 0) is 11.1 Å². The van der Waals surface area contributed by atoms with Crippen LogP contribution in [0.3, 0.4) is 0 Å². The third-order valence-electron chi connectivity index (χ3n) is 4.12. The van der Waals surface area contributed by atoms with Crippen LogP contribution in [0.25, 0.3) is 0 Å². The normalized spacial score (nSPS) is 13.9. The number of methoxy groups -OCH3 is 1. The van der Waals surface area contributed by atoms with Crippen molar-refractivity contribution in [3.05, 3.63) is 71.8 Å². The number of hydrogen-bond donors (Lipinski definition) is 0. The summed E-state index contributed by atoms with van der Waals surface area (Å²) in [6.07, 6.45) is 0.676. The second-order valence-corrected chi connectivity index (χ2v) is 8.07. The molecule has 2 atom stereocenters. The molecule has 0 spiro atoms. The first-order valence-corrected chi connectivity index (χ1v) is 10.9. The number of benzene rings is 2. The fraction of sp³-hybridized carbons (Fsp3) is 0.429. The topological polar surface area (TPSA) is 71.1 Å². The summed E-state index contributed by atoms with van der Waals surface area (Å²) < 4.78 is 44.7. The maximum Gasteiger partial charge on any atom is 0.264 e. The molecule has 2 aromatic rings. The van der Waals surface area contributed by atoms with Crippen LogP contribution in [0.15, 0.2) is 60.7 Å². The molecular weight excluding hydrogens is 380 g/mol. The SMILES string of the molecule is CO[C@H](COCc1ccccc1)[C@H](CCOS(C)(=O)=O)OCc1ccccc1. The first kappa shape index (κ1) is 22.5. The van der Waals surface area contributed by atoms with Gasteiger partial charge in [0.2, 0.25) is 0 Å². The summed E-state index contributed by atoms with van der Waals surface area (Å²) in [6.45, 7) is 1.20. The van der Waals surface area contributed by atoms with E-state index in [0.717, 1.165) is 17.4 Å². The van der Waals surface area contributed by atoms with Crippen LogP contribution < -0.4 is 0 Å². The van der Waals surface area contributed by atoms with Crippen LogP contribution in [0, 0.1) is 0 Å². The molecule has 0 aromatic heterocycles. The molecule has 0 heterocycles. The highest BCUT2D eigenvalue weighted by molar-refractivity contribution is 7.85. The minimum Gasteiger partial charge on any atom is -0.376 e. The van der Waals surface area contributed by atoms with E-state index >= 15 is 0 Å². The Balaban J connectivity index is 1.92. The maximum atomic E-state index is 11.2. The lowest BCUT2D eigenvalue weighted by atomic mass is 10.1. The van der Waals surface area contributed by atoms with Crippen molar-refractivity contribution in [1.82, 2.24) is 0 Å². The zero-order valence-corrected chi connectivity index (χ0v) is 17.1. The summed E-state index contributed by atoms with van der Waals surface area (Å²) in [5.41, 5.74) is 2.09. The van der Waals surface area contributed by atoms with Crippen molar-refractivity contribution in [1.29, 1.82) is 0 Å². The van der Waals surface area contributed by atoms with Crippen molar-refractivity contribution in [3.8, 4) is 0 Å². The molecule has 0 radical (unpaired) electrons. The van der Waals surface area contributed by atoms with Crippen LogP contribution in [0.4, 0.5) is 0 Å². The summed E-state index contributed by atoms with van der Waals surface area (Å²) in [5.74, 6) is 0. The molecule has 0 unspecified atom stereocenters. The van der Waals surface area contributed by atoms with Gasteiger partial charge in [-0.3, -0.25) is 4.18 Å². The van der Waals surface area contributed by atoms with Crippen LogP contribution in [-0.2, 0) is 41.7 Å². The second kappa shape index (κ2) is 11.9. The van der Waals surface area contributed by atoms with E-state index in [4.69, 9.17) is 18.4 Å². The largest absolute Gasteiger partial charge is 0.376 e. The summed E-state index contributed by atoms with van der Waals surface area (Å²) in [7, 11) is -1.91. The van der Waals surface area contributed by atoms with Gasteiger partial charge in [0, 0.05) is 13.5 Å². The van der Waals surface area contributed by atoms with Gasteiger partial charge in [0.1, 0.15) is 6.10 Å². The van der Waals surface area contributed by atoms with Gasteiger partial charge in [-0.1, -0.05) is 60.7 Å². The quantitative estimate of drug-likeness (QED) is 0.474. The smallest absolute Gasteiger partial charge is 0.264 e. The van der Waals surface area contributed by atoms with Gasteiger partial charge in [0.25, 0.3) is 10.1 Å². The molecule has 0 fully saturated rings. The summed E-state index contributed by atoms with van der Waals surface area (Å²) >= 11 is 0. The molecular formula is C21H28O6S. The molecule has 0 aliphatic rings. The van der Waals surface area contributed by atoms with E-state index < -0.39 is 10.1 Å². The van der Waals surface area contributed by atoms with E-state index in [2.05, 4.69) is 0 Å². The average molecular weight is 409 g/mol. The van der Waals surface area contributed by atoms with E-state index in [-0.39, 0.29) is 18.8 Å². The Hall–Kier alpha value is -1.77. The minimum atomic E-state index is -3.50. The standard InChI is InChI=1S/C21H28O6S/c1-24-21(17-25-15-18-9-5-3-6-10-18)20(13-14-27-28(2,22)23)26-16-19-11-7-4-8-12-19/h3-12,20-21H,13-17H2,1-2H3/t20-,21+/m0/s1. The van der Waals surface area contributed by atoms with Crippen LogP contribution >= 0.6 is 0 Å². The first-order valence-electron chi connectivity index (χ1n) is 9.12. The molecule has 2 rings (SSSR count). The fourth-order valence-electron chi connectivity index (χ4n) is 2.66. The van der Waals surface area contributed by atoms with Gasteiger partial charge in [0.15, 0.2) is 0 Å². The lowest BCUT2D eigenvalue weighted by molar-refractivity contribution is -0.102. The van der Waals surface area contributed by atoms with Crippen molar-refractivity contribution in [2.45, 2.75) is 31.8 Å². The average Bonchev–Trinajstić information content (AvgIpc) is 2.69. The minimum absolute atomic E-state index is 0.0246.